The average Bonchev–Trinajstić information content (AvgIpc) is 0. The molecule has 13 heteroatoms. The van der Waals surface area contributed by atoms with Crippen LogP contribution in [0.25, 0.3) is 0 Å². The van der Waals surface area contributed by atoms with Crippen LogP contribution in [0.2, 0.25) is 0 Å². The normalized spacial score (nSPS) is 0. The second-order valence-electron chi connectivity index (χ2n) is 0. The fourth-order valence-electron chi connectivity index (χ4n) is 0. The van der Waals surface area contributed by atoms with E-state index in [0.29, 0.717) is 0 Å². The van der Waals surface area contributed by atoms with Gasteiger partial charge in [0.1, 0.15) is 0 Å². The Hall–Kier alpha value is 2.19. The molecule has 0 aromatic rings. The van der Waals surface area contributed by atoms with Crippen LogP contribution in [0.15, 0.2) is 0 Å². The van der Waals surface area contributed by atoms with E-state index in [9.17, 15) is 0 Å². The van der Waals surface area contributed by atoms with E-state index in [4.69, 9.17) is 0 Å². The molecular formula is H12Cl6O6Pt-4. The Balaban J connectivity index is 0. The first kappa shape index (κ1) is 638. The summed E-state index contributed by atoms with van der Waals surface area (Å²) >= 11 is 0. The zero-order valence-electron chi connectivity index (χ0n) is 5.58. The van der Waals surface area contributed by atoms with E-state index in [0.717, 1.165) is 0 Å². The second-order valence-corrected chi connectivity index (χ2v) is 0. The molecule has 0 saturated heterocycles. The van der Waals surface area contributed by atoms with Crippen molar-refractivity contribution in [2.75, 3.05) is 0 Å². The van der Waals surface area contributed by atoms with Gasteiger partial charge >= 0.3 is 21.1 Å². The van der Waals surface area contributed by atoms with Gasteiger partial charge in [0.25, 0.3) is 0 Å². The Morgan fingerprint density at radius 2 is 0.231 bits per heavy atom. The van der Waals surface area contributed by atoms with E-state index in [1.165, 1.54) is 0 Å². The van der Waals surface area contributed by atoms with E-state index < -0.39 is 0 Å². The molecule has 0 amide bonds. The van der Waals surface area contributed by atoms with Crippen molar-refractivity contribution in [3.63, 3.8) is 0 Å². The maximum absolute atomic E-state index is 0. The number of rotatable bonds is 0. The number of hydrogen-bond acceptors (Lipinski definition) is 0. The van der Waals surface area contributed by atoms with Crippen molar-refractivity contribution >= 4 is 0 Å². The average molecular weight is 516 g/mol. The van der Waals surface area contributed by atoms with Crippen LogP contribution in [0.4, 0.5) is 0 Å². The third kappa shape index (κ3) is 440. The minimum Gasteiger partial charge on any atom is -1.00 e. The maximum Gasteiger partial charge on any atom is 2.00 e. The quantitative estimate of drug-likeness (QED) is 0.296. The Bertz CT molecular complexity index is 17.1. The molecule has 104 valence electrons. The number of hydrogen-bond donors (Lipinski definition) is 0. The van der Waals surface area contributed by atoms with Crippen molar-refractivity contribution in [3.05, 3.63) is 0 Å². The molecule has 6 nitrogen and oxygen atoms in total. The molecule has 0 radical (unpaired) electrons. The summed E-state index contributed by atoms with van der Waals surface area (Å²) in [4.78, 5) is 0. The summed E-state index contributed by atoms with van der Waals surface area (Å²) in [6.45, 7) is 0. The van der Waals surface area contributed by atoms with Gasteiger partial charge in [-0.3, -0.25) is 0 Å². The van der Waals surface area contributed by atoms with Crippen LogP contribution in [-0.2, 0) is 21.1 Å². The van der Waals surface area contributed by atoms with Gasteiger partial charge in [-0.15, -0.1) is 0 Å². The monoisotopic (exact) mass is 513 g/mol. The molecule has 0 aliphatic heterocycles. The van der Waals surface area contributed by atoms with Crippen molar-refractivity contribution in [2.24, 2.45) is 0 Å². The zero-order chi connectivity index (χ0) is 0. The standard InChI is InChI=1S/6ClH.6H2O.Pt/h6*1H;6*1H2;/q;;;;;;;;;;;;+2/p-6. The largest absolute Gasteiger partial charge is 2.00 e. The van der Waals surface area contributed by atoms with Gasteiger partial charge in [-0.25, -0.2) is 0 Å². The summed E-state index contributed by atoms with van der Waals surface area (Å²) < 4.78 is 0. The Kier molecular flexibility index (Phi) is 25300. The fraction of sp³-hybridized carbons (Fsp3) is 0. The Morgan fingerprint density at radius 3 is 0.231 bits per heavy atom. The van der Waals surface area contributed by atoms with Gasteiger partial charge in [0.15, 0.2) is 0 Å². The molecule has 0 aliphatic rings. The van der Waals surface area contributed by atoms with E-state index in [-0.39, 0.29) is 128 Å². The summed E-state index contributed by atoms with van der Waals surface area (Å²) in [5.74, 6) is 0. The van der Waals surface area contributed by atoms with E-state index in [1.807, 2.05) is 0 Å². The molecule has 0 rings (SSSR count). The zero-order valence-corrected chi connectivity index (χ0v) is 12.4. The van der Waals surface area contributed by atoms with Gasteiger partial charge in [0.2, 0.25) is 0 Å². The first-order chi connectivity index (χ1) is 0. The van der Waals surface area contributed by atoms with Crippen LogP contribution in [0, 0.1) is 0 Å². The van der Waals surface area contributed by atoms with Crippen molar-refractivity contribution in [2.45, 2.75) is 0 Å². The molecule has 0 unspecified atom stereocenters. The fourth-order valence-corrected chi connectivity index (χ4v) is 0. The molecule has 0 aliphatic carbocycles. The van der Waals surface area contributed by atoms with Crippen molar-refractivity contribution < 1.29 is 128 Å². The minimum atomic E-state index is 0. The van der Waals surface area contributed by atoms with Crippen LogP contribution < -0.4 is 74.4 Å². The van der Waals surface area contributed by atoms with Gasteiger partial charge in [0, 0.05) is 0 Å². The minimum absolute atomic E-state index is 0. The molecule has 0 aromatic carbocycles. The van der Waals surface area contributed by atoms with Gasteiger partial charge < -0.3 is 107 Å². The molecule has 0 atom stereocenters. The van der Waals surface area contributed by atoms with Gasteiger partial charge in [-0.1, -0.05) is 0 Å². The van der Waals surface area contributed by atoms with Crippen LogP contribution >= 0.6 is 0 Å². The SMILES string of the molecule is O.O.O.O.O.O.[Cl-].[Cl-].[Cl-].[Cl-].[Cl-].[Cl-].[Pt+2]. The molecule has 13 heavy (non-hydrogen) atoms. The Labute approximate surface area is 128 Å². The third-order valence-electron chi connectivity index (χ3n) is 0. The molecule has 0 spiro atoms. The predicted molar refractivity (Wildman–Crippen MR) is 21.7 cm³/mol. The van der Waals surface area contributed by atoms with Crippen molar-refractivity contribution in [1.29, 1.82) is 0 Å². The summed E-state index contributed by atoms with van der Waals surface area (Å²) in [5, 5.41) is 0. The van der Waals surface area contributed by atoms with E-state index in [1.54, 1.807) is 0 Å². The van der Waals surface area contributed by atoms with Gasteiger partial charge in [-0.2, -0.15) is 0 Å². The van der Waals surface area contributed by atoms with Crippen LogP contribution in [0.3, 0.4) is 0 Å². The molecule has 0 bridgehead atoms. The molecule has 0 aromatic heterocycles. The maximum atomic E-state index is 0. The van der Waals surface area contributed by atoms with Crippen LogP contribution in [0.5, 0.6) is 0 Å². The number of halogens is 6. The van der Waals surface area contributed by atoms with Gasteiger partial charge in [-0.05, 0) is 0 Å². The molecule has 0 fully saturated rings. The summed E-state index contributed by atoms with van der Waals surface area (Å²) in [7, 11) is 0. The molecule has 0 saturated carbocycles. The van der Waals surface area contributed by atoms with Crippen LogP contribution in [-0.4, -0.2) is 32.9 Å². The third-order valence-corrected chi connectivity index (χ3v) is 0. The second kappa shape index (κ2) is 515. The topological polar surface area (TPSA) is 189 Å². The Morgan fingerprint density at radius 1 is 0.231 bits per heavy atom. The van der Waals surface area contributed by atoms with E-state index >= 15 is 0 Å². The first-order valence-electron chi connectivity index (χ1n) is 0. The van der Waals surface area contributed by atoms with Crippen molar-refractivity contribution in [3.8, 4) is 0 Å². The summed E-state index contributed by atoms with van der Waals surface area (Å²) in [6.07, 6.45) is 0. The predicted octanol–water partition coefficient (Wildman–Crippen LogP) is -22.9. The van der Waals surface area contributed by atoms with E-state index in [2.05, 4.69) is 0 Å². The van der Waals surface area contributed by atoms with Crippen molar-refractivity contribution in [1.82, 2.24) is 0 Å². The first-order valence-corrected chi connectivity index (χ1v) is 0. The molecule has 0 heterocycles. The van der Waals surface area contributed by atoms with Gasteiger partial charge in [0.05, 0.1) is 0 Å². The molecular weight excluding hydrogens is 504 g/mol. The van der Waals surface area contributed by atoms with Crippen LogP contribution in [0.1, 0.15) is 0 Å². The summed E-state index contributed by atoms with van der Waals surface area (Å²) in [5.41, 5.74) is 0. The molecule has 12 N–H and O–H groups in total. The summed E-state index contributed by atoms with van der Waals surface area (Å²) in [6, 6.07) is 0. The smallest absolute Gasteiger partial charge is 1.00 e.